The molecule has 3 aliphatic rings. The number of ketones is 1. The summed E-state index contributed by atoms with van der Waals surface area (Å²) in [5, 5.41) is 0. The SMILES string of the molecule is COC(=O)[C@@]12CC(=O)C=C3OCC[C@@H](C1)[C@H]32. The number of rotatable bonds is 1. The Balaban J connectivity index is 2.01. The third-order valence-corrected chi connectivity index (χ3v) is 4.14. The fraction of sp³-hybridized carbons (Fsp3) is 0.667. The van der Waals surface area contributed by atoms with Crippen molar-refractivity contribution in [1.82, 2.24) is 0 Å². The Hall–Kier alpha value is -1.32. The summed E-state index contributed by atoms with van der Waals surface area (Å²) < 4.78 is 10.4. The Morgan fingerprint density at radius 3 is 3.19 bits per heavy atom. The molecule has 0 aromatic heterocycles. The standard InChI is InChI=1S/C12H14O4/c1-15-11(14)12-5-7-2-3-16-9(10(7)12)4-8(13)6-12/h4,7,10H,2-3,5-6H2,1H3/t7-,10+,12+/m0/s1. The molecular weight excluding hydrogens is 208 g/mol. The molecule has 0 unspecified atom stereocenters. The van der Waals surface area contributed by atoms with Crippen LogP contribution in [0.15, 0.2) is 11.8 Å². The summed E-state index contributed by atoms with van der Waals surface area (Å²) in [5.41, 5.74) is -0.610. The van der Waals surface area contributed by atoms with E-state index in [-0.39, 0.29) is 24.1 Å². The first-order chi connectivity index (χ1) is 7.67. The molecule has 1 aliphatic heterocycles. The molecule has 0 radical (unpaired) electrons. The lowest BCUT2D eigenvalue weighted by Crippen LogP contribution is -2.59. The van der Waals surface area contributed by atoms with E-state index in [4.69, 9.17) is 9.47 Å². The van der Waals surface area contributed by atoms with Gasteiger partial charge in [-0.25, -0.2) is 0 Å². The second-order valence-corrected chi connectivity index (χ2v) is 4.92. The second kappa shape index (κ2) is 3.09. The van der Waals surface area contributed by atoms with E-state index in [1.165, 1.54) is 7.11 Å². The van der Waals surface area contributed by atoms with Gasteiger partial charge in [0.05, 0.1) is 19.1 Å². The van der Waals surface area contributed by atoms with Crippen molar-refractivity contribution >= 4 is 11.8 Å². The van der Waals surface area contributed by atoms with Crippen molar-refractivity contribution in [2.24, 2.45) is 17.3 Å². The molecule has 0 amide bonds. The maximum atomic E-state index is 11.9. The Kier molecular flexibility index (Phi) is 1.91. The highest BCUT2D eigenvalue weighted by atomic mass is 16.5. The second-order valence-electron chi connectivity index (χ2n) is 4.92. The minimum absolute atomic E-state index is 0.0167. The molecule has 4 heteroatoms. The lowest BCUT2D eigenvalue weighted by atomic mass is 9.48. The number of esters is 1. The van der Waals surface area contributed by atoms with Gasteiger partial charge >= 0.3 is 5.97 Å². The number of hydrogen-bond acceptors (Lipinski definition) is 4. The molecule has 3 rings (SSSR count). The average Bonchev–Trinajstić information content (AvgIpc) is 2.24. The zero-order valence-corrected chi connectivity index (χ0v) is 9.19. The first-order valence-corrected chi connectivity index (χ1v) is 5.63. The van der Waals surface area contributed by atoms with Crippen molar-refractivity contribution in [1.29, 1.82) is 0 Å². The normalized spacial score (nSPS) is 40.1. The Bertz CT molecular complexity index is 398. The molecule has 0 N–H and O–H groups in total. The molecule has 1 saturated heterocycles. The zero-order valence-electron chi connectivity index (χ0n) is 9.19. The summed E-state index contributed by atoms with van der Waals surface area (Å²) >= 11 is 0. The van der Waals surface area contributed by atoms with Crippen LogP contribution >= 0.6 is 0 Å². The third-order valence-electron chi connectivity index (χ3n) is 4.14. The van der Waals surface area contributed by atoms with Gasteiger partial charge in [-0.3, -0.25) is 9.59 Å². The van der Waals surface area contributed by atoms with E-state index in [1.54, 1.807) is 6.08 Å². The highest BCUT2D eigenvalue weighted by molar-refractivity contribution is 5.97. The number of allylic oxidation sites excluding steroid dienone is 2. The summed E-state index contributed by atoms with van der Waals surface area (Å²) in [5.74, 6) is 1.03. The Morgan fingerprint density at radius 1 is 1.62 bits per heavy atom. The van der Waals surface area contributed by atoms with Crippen molar-refractivity contribution in [2.45, 2.75) is 19.3 Å². The molecule has 2 aliphatic carbocycles. The van der Waals surface area contributed by atoms with Gasteiger partial charge in [-0.1, -0.05) is 0 Å². The van der Waals surface area contributed by atoms with Gasteiger partial charge in [-0.15, -0.1) is 0 Å². The highest BCUT2D eigenvalue weighted by Crippen LogP contribution is 2.62. The van der Waals surface area contributed by atoms with Crippen molar-refractivity contribution in [3.05, 3.63) is 11.8 Å². The van der Waals surface area contributed by atoms with E-state index < -0.39 is 5.41 Å². The fourth-order valence-corrected chi connectivity index (χ4v) is 3.51. The van der Waals surface area contributed by atoms with Gasteiger partial charge in [0.1, 0.15) is 5.76 Å². The van der Waals surface area contributed by atoms with Gasteiger partial charge in [-0.05, 0) is 18.8 Å². The topological polar surface area (TPSA) is 52.6 Å². The van der Waals surface area contributed by atoms with Crippen LogP contribution in [0, 0.1) is 17.3 Å². The van der Waals surface area contributed by atoms with E-state index in [1.807, 2.05) is 0 Å². The summed E-state index contributed by atoms with van der Waals surface area (Å²) in [6.45, 7) is 0.664. The predicted octanol–water partition coefficient (Wildman–Crippen LogP) is 1.06. The van der Waals surface area contributed by atoms with Crippen LogP contribution in [-0.2, 0) is 19.1 Å². The molecule has 0 bridgehead atoms. The molecule has 1 heterocycles. The molecule has 1 saturated carbocycles. The van der Waals surface area contributed by atoms with E-state index in [0.29, 0.717) is 18.3 Å². The molecular formula is C12H14O4. The van der Waals surface area contributed by atoms with Gasteiger partial charge in [-0.2, -0.15) is 0 Å². The number of hydrogen-bond donors (Lipinski definition) is 0. The number of carbonyl (C=O) groups is 2. The monoisotopic (exact) mass is 222 g/mol. The molecule has 0 spiro atoms. The largest absolute Gasteiger partial charge is 0.497 e. The molecule has 16 heavy (non-hydrogen) atoms. The first-order valence-electron chi connectivity index (χ1n) is 5.63. The molecule has 0 aromatic carbocycles. The minimum atomic E-state index is -0.610. The molecule has 3 atom stereocenters. The van der Waals surface area contributed by atoms with Crippen molar-refractivity contribution in [3.8, 4) is 0 Å². The summed E-state index contributed by atoms with van der Waals surface area (Å²) in [6.07, 6.45) is 3.61. The number of ether oxygens (including phenoxy) is 2. The van der Waals surface area contributed by atoms with Crippen LogP contribution in [0.2, 0.25) is 0 Å². The lowest BCUT2D eigenvalue weighted by Gasteiger charge is -2.56. The Labute approximate surface area is 93.6 Å². The average molecular weight is 222 g/mol. The van der Waals surface area contributed by atoms with E-state index in [9.17, 15) is 9.59 Å². The van der Waals surface area contributed by atoms with Crippen LogP contribution in [0.5, 0.6) is 0 Å². The van der Waals surface area contributed by atoms with E-state index in [2.05, 4.69) is 0 Å². The van der Waals surface area contributed by atoms with Gasteiger partial charge in [0.15, 0.2) is 5.78 Å². The smallest absolute Gasteiger partial charge is 0.313 e. The van der Waals surface area contributed by atoms with Crippen LogP contribution in [0.25, 0.3) is 0 Å². The van der Waals surface area contributed by atoms with E-state index >= 15 is 0 Å². The molecule has 4 nitrogen and oxygen atoms in total. The Morgan fingerprint density at radius 2 is 2.44 bits per heavy atom. The van der Waals surface area contributed by atoms with Gasteiger partial charge in [0.25, 0.3) is 0 Å². The first kappa shape index (κ1) is 9.87. The summed E-state index contributed by atoms with van der Waals surface area (Å²) in [7, 11) is 1.39. The van der Waals surface area contributed by atoms with E-state index in [0.717, 1.165) is 12.8 Å². The minimum Gasteiger partial charge on any atom is -0.497 e. The van der Waals surface area contributed by atoms with Crippen molar-refractivity contribution < 1.29 is 19.1 Å². The summed E-state index contributed by atoms with van der Waals surface area (Å²) in [6, 6.07) is 0. The molecule has 86 valence electrons. The highest BCUT2D eigenvalue weighted by Gasteiger charge is 2.64. The van der Waals surface area contributed by atoms with Crippen LogP contribution in [-0.4, -0.2) is 25.5 Å². The van der Waals surface area contributed by atoms with Crippen LogP contribution < -0.4 is 0 Å². The van der Waals surface area contributed by atoms with Crippen LogP contribution in [0.1, 0.15) is 19.3 Å². The summed E-state index contributed by atoms with van der Waals surface area (Å²) in [4.78, 5) is 23.5. The maximum absolute atomic E-state index is 11.9. The van der Waals surface area contributed by atoms with Crippen molar-refractivity contribution in [3.63, 3.8) is 0 Å². The number of methoxy groups -OCH3 is 1. The lowest BCUT2D eigenvalue weighted by molar-refractivity contribution is -0.183. The van der Waals surface area contributed by atoms with Crippen LogP contribution in [0.3, 0.4) is 0 Å². The third kappa shape index (κ3) is 1.05. The van der Waals surface area contributed by atoms with Gasteiger partial charge in [0.2, 0.25) is 0 Å². The quantitative estimate of drug-likeness (QED) is 0.622. The zero-order chi connectivity index (χ0) is 11.3. The predicted molar refractivity (Wildman–Crippen MR) is 54.3 cm³/mol. The van der Waals surface area contributed by atoms with Crippen molar-refractivity contribution in [2.75, 3.05) is 13.7 Å². The molecule has 0 aromatic rings. The maximum Gasteiger partial charge on any atom is 0.313 e. The van der Waals surface area contributed by atoms with Gasteiger partial charge in [0, 0.05) is 18.4 Å². The molecule has 2 fully saturated rings. The van der Waals surface area contributed by atoms with Gasteiger partial charge < -0.3 is 9.47 Å². The van der Waals surface area contributed by atoms with Crippen LogP contribution in [0.4, 0.5) is 0 Å². The fourth-order valence-electron chi connectivity index (χ4n) is 3.51. The number of carbonyl (C=O) groups excluding carboxylic acids is 2.